The van der Waals surface area contributed by atoms with Crippen molar-refractivity contribution in [3.63, 3.8) is 0 Å². The van der Waals surface area contributed by atoms with Crippen molar-refractivity contribution < 1.29 is 13.2 Å². The number of anilines is 2. The lowest BCUT2D eigenvalue weighted by atomic mass is 10.1. The SMILES string of the molecule is CN1Cc2ccc(Nc3cccc(C(F)(F)F)c3)cc2C1. The van der Waals surface area contributed by atoms with Gasteiger partial charge in [-0.1, -0.05) is 12.1 Å². The number of hydrogen-bond acceptors (Lipinski definition) is 2. The number of nitrogens with one attached hydrogen (secondary N) is 1. The Kier molecular flexibility index (Phi) is 3.37. The molecule has 2 aromatic rings. The molecule has 3 rings (SSSR count). The first-order chi connectivity index (χ1) is 9.91. The molecule has 0 saturated heterocycles. The summed E-state index contributed by atoms with van der Waals surface area (Å²) in [6, 6.07) is 11.2. The van der Waals surface area contributed by atoms with Crippen LogP contribution in [0.3, 0.4) is 0 Å². The maximum Gasteiger partial charge on any atom is 0.416 e. The Hall–Kier alpha value is -2.01. The summed E-state index contributed by atoms with van der Waals surface area (Å²) >= 11 is 0. The fourth-order valence-electron chi connectivity index (χ4n) is 2.58. The Morgan fingerprint density at radius 2 is 1.67 bits per heavy atom. The van der Waals surface area contributed by atoms with Crippen molar-refractivity contribution in [2.45, 2.75) is 19.3 Å². The summed E-state index contributed by atoms with van der Waals surface area (Å²) in [5.74, 6) is 0. The quantitative estimate of drug-likeness (QED) is 0.883. The standard InChI is InChI=1S/C16H15F3N2/c1-21-9-11-5-6-15(7-12(11)10-21)20-14-4-2-3-13(8-14)16(17,18)19/h2-8,20H,9-10H2,1H3. The molecule has 5 heteroatoms. The van der Waals surface area contributed by atoms with E-state index in [-0.39, 0.29) is 0 Å². The molecular formula is C16H15F3N2. The summed E-state index contributed by atoms with van der Waals surface area (Å²) in [5.41, 5.74) is 3.09. The molecule has 0 saturated carbocycles. The number of alkyl halides is 3. The number of hydrogen-bond donors (Lipinski definition) is 1. The van der Waals surface area contributed by atoms with Gasteiger partial charge in [0.1, 0.15) is 0 Å². The van der Waals surface area contributed by atoms with Crippen LogP contribution in [0.5, 0.6) is 0 Å². The third kappa shape index (κ3) is 3.03. The highest BCUT2D eigenvalue weighted by atomic mass is 19.4. The van der Waals surface area contributed by atoms with Crippen LogP contribution in [0.15, 0.2) is 42.5 Å². The largest absolute Gasteiger partial charge is 0.416 e. The second-order valence-corrected chi connectivity index (χ2v) is 5.36. The second-order valence-electron chi connectivity index (χ2n) is 5.36. The predicted molar refractivity (Wildman–Crippen MR) is 76.3 cm³/mol. The van der Waals surface area contributed by atoms with Gasteiger partial charge in [0, 0.05) is 24.5 Å². The molecule has 2 nitrogen and oxygen atoms in total. The molecule has 0 bridgehead atoms. The van der Waals surface area contributed by atoms with Crippen LogP contribution in [0.25, 0.3) is 0 Å². The molecule has 0 unspecified atom stereocenters. The van der Waals surface area contributed by atoms with Crippen molar-refractivity contribution >= 4 is 11.4 Å². The second kappa shape index (κ2) is 5.07. The van der Waals surface area contributed by atoms with E-state index in [4.69, 9.17) is 0 Å². The third-order valence-electron chi connectivity index (χ3n) is 3.57. The fraction of sp³-hybridized carbons (Fsp3) is 0.250. The van der Waals surface area contributed by atoms with Crippen LogP contribution in [0, 0.1) is 0 Å². The lowest BCUT2D eigenvalue weighted by Crippen LogP contribution is -2.07. The molecule has 2 aromatic carbocycles. The van der Waals surface area contributed by atoms with Crippen molar-refractivity contribution in [2.24, 2.45) is 0 Å². The van der Waals surface area contributed by atoms with Crippen LogP contribution in [0.1, 0.15) is 16.7 Å². The van der Waals surface area contributed by atoms with E-state index in [1.807, 2.05) is 25.2 Å². The summed E-state index contributed by atoms with van der Waals surface area (Å²) in [6.45, 7) is 1.78. The normalized spacial score (nSPS) is 15.0. The number of nitrogens with zero attached hydrogens (tertiary/aromatic N) is 1. The fourth-order valence-corrected chi connectivity index (χ4v) is 2.58. The summed E-state index contributed by atoms with van der Waals surface area (Å²) in [5, 5.41) is 3.04. The van der Waals surface area contributed by atoms with E-state index in [1.54, 1.807) is 6.07 Å². The van der Waals surface area contributed by atoms with E-state index < -0.39 is 11.7 Å². The van der Waals surface area contributed by atoms with Gasteiger partial charge in [0.2, 0.25) is 0 Å². The van der Waals surface area contributed by atoms with E-state index >= 15 is 0 Å². The summed E-state index contributed by atoms with van der Waals surface area (Å²) in [4.78, 5) is 2.19. The molecular weight excluding hydrogens is 277 g/mol. The van der Waals surface area contributed by atoms with Gasteiger partial charge >= 0.3 is 6.18 Å². The Labute approximate surface area is 121 Å². The van der Waals surface area contributed by atoms with Crippen molar-refractivity contribution in [1.82, 2.24) is 4.90 Å². The molecule has 0 radical (unpaired) electrons. The van der Waals surface area contributed by atoms with Crippen LogP contribution in [-0.4, -0.2) is 11.9 Å². The molecule has 1 aliphatic heterocycles. The lowest BCUT2D eigenvalue weighted by Gasteiger charge is -2.11. The van der Waals surface area contributed by atoms with Gasteiger partial charge < -0.3 is 5.32 Å². The topological polar surface area (TPSA) is 15.3 Å². The van der Waals surface area contributed by atoms with Gasteiger partial charge in [-0.2, -0.15) is 13.2 Å². The smallest absolute Gasteiger partial charge is 0.356 e. The van der Waals surface area contributed by atoms with E-state index in [2.05, 4.69) is 10.2 Å². The maximum absolute atomic E-state index is 12.7. The van der Waals surface area contributed by atoms with Gasteiger partial charge in [-0.05, 0) is 48.5 Å². The molecule has 0 atom stereocenters. The molecule has 0 amide bonds. The van der Waals surface area contributed by atoms with Gasteiger partial charge in [0.25, 0.3) is 0 Å². The third-order valence-corrected chi connectivity index (χ3v) is 3.57. The van der Waals surface area contributed by atoms with Crippen molar-refractivity contribution in [2.75, 3.05) is 12.4 Å². The average Bonchev–Trinajstić information content (AvgIpc) is 2.77. The van der Waals surface area contributed by atoms with Crippen LogP contribution in [-0.2, 0) is 19.3 Å². The summed E-state index contributed by atoms with van der Waals surface area (Å²) in [7, 11) is 2.04. The molecule has 0 aliphatic carbocycles. The van der Waals surface area contributed by atoms with Gasteiger partial charge in [-0.3, -0.25) is 4.90 Å². The lowest BCUT2D eigenvalue weighted by molar-refractivity contribution is -0.137. The van der Waals surface area contributed by atoms with E-state index in [0.717, 1.165) is 30.9 Å². The van der Waals surface area contributed by atoms with E-state index in [1.165, 1.54) is 17.2 Å². The monoisotopic (exact) mass is 292 g/mol. The van der Waals surface area contributed by atoms with Crippen molar-refractivity contribution in [1.29, 1.82) is 0 Å². The van der Waals surface area contributed by atoms with Gasteiger partial charge in [-0.15, -0.1) is 0 Å². The van der Waals surface area contributed by atoms with Crippen molar-refractivity contribution in [3.05, 3.63) is 59.2 Å². The zero-order valence-corrected chi connectivity index (χ0v) is 11.5. The molecule has 0 fully saturated rings. The first-order valence-corrected chi connectivity index (χ1v) is 6.66. The first-order valence-electron chi connectivity index (χ1n) is 6.66. The van der Waals surface area contributed by atoms with Crippen molar-refractivity contribution in [3.8, 4) is 0 Å². The molecule has 0 aromatic heterocycles. The highest BCUT2D eigenvalue weighted by Gasteiger charge is 2.30. The van der Waals surface area contributed by atoms with E-state index in [0.29, 0.717) is 5.69 Å². The Bertz CT molecular complexity index is 665. The Morgan fingerprint density at radius 1 is 0.952 bits per heavy atom. The number of benzene rings is 2. The molecule has 110 valence electrons. The number of rotatable bonds is 2. The van der Waals surface area contributed by atoms with Crippen LogP contribution >= 0.6 is 0 Å². The van der Waals surface area contributed by atoms with E-state index in [9.17, 15) is 13.2 Å². The Balaban J connectivity index is 1.83. The summed E-state index contributed by atoms with van der Waals surface area (Å²) < 4.78 is 38.1. The minimum atomic E-state index is -4.32. The maximum atomic E-state index is 12.7. The van der Waals surface area contributed by atoms with Crippen LogP contribution in [0.2, 0.25) is 0 Å². The minimum absolute atomic E-state index is 0.441. The zero-order chi connectivity index (χ0) is 15.0. The molecule has 21 heavy (non-hydrogen) atoms. The number of halogens is 3. The minimum Gasteiger partial charge on any atom is -0.356 e. The molecule has 0 spiro atoms. The Morgan fingerprint density at radius 3 is 2.43 bits per heavy atom. The van der Waals surface area contributed by atoms with Crippen LogP contribution in [0.4, 0.5) is 24.5 Å². The molecule has 1 N–H and O–H groups in total. The zero-order valence-electron chi connectivity index (χ0n) is 11.5. The highest BCUT2D eigenvalue weighted by Crippen LogP contribution is 2.32. The summed E-state index contributed by atoms with van der Waals surface area (Å²) in [6.07, 6.45) is -4.32. The average molecular weight is 292 g/mol. The van der Waals surface area contributed by atoms with Crippen LogP contribution < -0.4 is 5.32 Å². The van der Waals surface area contributed by atoms with Gasteiger partial charge in [-0.25, -0.2) is 0 Å². The first kappa shape index (κ1) is 13.9. The van der Waals surface area contributed by atoms with Gasteiger partial charge in [0.15, 0.2) is 0 Å². The highest BCUT2D eigenvalue weighted by molar-refractivity contribution is 5.62. The van der Waals surface area contributed by atoms with Gasteiger partial charge in [0.05, 0.1) is 5.56 Å². The molecule has 1 heterocycles. The predicted octanol–water partition coefficient (Wildman–Crippen LogP) is 4.39. The number of fused-ring (bicyclic) bond motifs is 1. The molecule has 1 aliphatic rings.